The van der Waals surface area contributed by atoms with Gasteiger partial charge in [-0.15, -0.1) is 0 Å². The average Bonchev–Trinajstić information content (AvgIpc) is 2.13. The monoisotopic (exact) mass is 185 g/mol. The summed E-state index contributed by atoms with van der Waals surface area (Å²) in [6.45, 7) is 2.20. The summed E-state index contributed by atoms with van der Waals surface area (Å²) in [6.07, 6.45) is 6.48. The molecule has 3 heteroatoms. The maximum atomic E-state index is 6.01. The summed E-state index contributed by atoms with van der Waals surface area (Å²) >= 11 is 0. The Kier molecular flexibility index (Phi) is 2.86. The topological polar surface area (TPSA) is 44.5 Å². The predicted octanol–water partition coefficient (Wildman–Crippen LogP) is 1.06. The molecule has 0 unspecified atom stereocenters. The van der Waals surface area contributed by atoms with Crippen molar-refractivity contribution in [3.8, 4) is 0 Å². The fraction of sp³-hybridized carbons (Fsp3) is 1.00. The van der Waals surface area contributed by atoms with Crippen molar-refractivity contribution in [1.29, 1.82) is 0 Å². The molecule has 0 atom stereocenters. The number of ether oxygens (including phenoxy) is 2. The van der Waals surface area contributed by atoms with Crippen LogP contribution in [0.5, 0.6) is 0 Å². The third kappa shape index (κ3) is 2.03. The van der Waals surface area contributed by atoms with Crippen LogP contribution in [0.3, 0.4) is 0 Å². The highest BCUT2D eigenvalue weighted by Gasteiger charge is 2.36. The van der Waals surface area contributed by atoms with Crippen LogP contribution in [0, 0.1) is 0 Å². The second-order valence-electron chi connectivity index (χ2n) is 4.23. The Morgan fingerprint density at radius 1 is 1.23 bits per heavy atom. The molecule has 2 N–H and O–H groups in total. The third-order valence-corrected chi connectivity index (χ3v) is 3.16. The van der Waals surface area contributed by atoms with Crippen molar-refractivity contribution in [2.75, 3.05) is 19.8 Å². The molecule has 0 aromatic heterocycles. The number of hydrogen-bond donors (Lipinski definition) is 1. The maximum absolute atomic E-state index is 6.01. The molecule has 2 fully saturated rings. The van der Waals surface area contributed by atoms with Gasteiger partial charge in [0.2, 0.25) is 0 Å². The Bertz CT molecular complexity index is 162. The highest BCUT2D eigenvalue weighted by molar-refractivity contribution is 4.87. The largest absolute Gasteiger partial charge is 0.376 e. The van der Waals surface area contributed by atoms with E-state index in [1.165, 1.54) is 19.3 Å². The van der Waals surface area contributed by atoms with Gasteiger partial charge < -0.3 is 15.2 Å². The SMILES string of the molecule is NCC1(OC2COC2)CCCCC1. The van der Waals surface area contributed by atoms with E-state index in [1.54, 1.807) is 0 Å². The molecule has 1 saturated carbocycles. The number of nitrogens with two attached hydrogens (primary N) is 1. The van der Waals surface area contributed by atoms with Crippen molar-refractivity contribution < 1.29 is 9.47 Å². The summed E-state index contributed by atoms with van der Waals surface area (Å²) in [5.74, 6) is 0. The van der Waals surface area contributed by atoms with Gasteiger partial charge in [0.25, 0.3) is 0 Å². The van der Waals surface area contributed by atoms with Gasteiger partial charge >= 0.3 is 0 Å². The molecule has 1 saturated heterocycles. The van der Waals surface area contributed by atoms with E-state index in [9.17, 15) is 0 Å². The Labute approximate surface area is 79.6 Å². The van der Waals surface area contributed by atoms with Crippen molar-refractivity contribution in [3.05, 3.63) is 0 Å². The van der Waals surface area contributed by atoms with Crippen LogP contribution < -0.4 is 5.73 Å². The molecule has 1 aliphatic carbocycles. The highest BCUT2D eigenvalue weighted by atomic mass is 16.6. The Morgan fingerprint density at radius 3 is 2.38 bits per heavy atom. The molecule has 3 nitrogen and oxygen atoms in total. The van der Waals surface area contributed by atoms with Gasteiger partial charge in [-0.3, -0.25) is 0 Å². The van der Waals surface area contributed by atoms with Crippen LogP contribution in [0.25, 0.3) is 0 Å². The van der Waals surface area contributed by atoms with E-state index < -0.39 is 0 Å². The van der Waals surface area contributed by atoms with Gasteiger partial charge in [-0.25, -0.2) is 0 Å². The van der Waals surface area contributed by atoms with E-state index in [4.69, 9.17) is 15.2 Å². The van der Waals surface area contributed by atoms with E-state index in [1.807, 2.05) is 0 Å². The first-order valence-corrected chi connectivity index (χ1v) is 5.30. The lowest BCUT2D eigenvalue weighted by Gasteiger charge is -2.41. The lowest BCUT2D eigenvalue weighted by Crippen LogP contribution is -2.50. The zero-order valence-electron chi connectivity index (χ0n) is 8.13. The first-order valence-electron chi connectivity index (χ1n) is 5.30. The van der Waals surface area contributed by atoms with E-state index in [-0.39, 0.29) is 5.60 Å². The van der Waals surface area contributed by atoms with Crippen LogP contribution in [0.15, 0.2) is 0 Å². The Balaban J connectivity index is 1.88. The van der Waals surface area contributed by atoms with Gasteiger partial charge in [0, 0.05) is 6.54 Å². The molecule has 0 radical (unpaired) electrons. The maximum Gasteiger partial charge on any atom is 0.105 e. The standard InChI is InChI=1S/C10H19NO2/c11-8-10(4-2-1-3-5-10)13-9-6-12-7-9/h9H,1-8,11H2. The highest BCUT2D eigenvalue weighted by Crippen LogP contribution is 2.32. The van der Waals surface area contributed by atoms with Gasteiger partial charge in [-0.2, -0.15) is 0 Å². The van der Waals surface area contributed by atoms with Gasteiger partial charge in [-0.05, 0) is 12.8 Å². The lowest BCUT2D eigenvalue weighted by molar-refractivity contribution is -0.198. The van der Waals surface area contributed by atoms with E-state index >= 15 is 0 Å². The first-order chi connectivity index (χ1) is 6.35. The van der Waals surface area contributed by atoms with Crippen LogP contribution in [0.1, 0.15) is 32.1 Å². The quantitative estimate of drug-likeness (QED) is 0.715. The fourth-order valence-corrected chi connectivity index (χ4v) is 2.20. The fourth-order valence-electron chi connectivity index (χ4n) is 2.20. The third-order valence-electron chi connectivity index (χ3n) is 3.16. The van der Waals surface area contributed by atoms with Crippen LogP contribution in [0.2, 0.25) is 0 Å². The molecule has 13 heavy (non-hydrogen) atoms. The number of rotatable bonds is 3. The molecule has 0 aromatic rings. The molecular weight excluding hydrogens is 166 g/mol. The minimum absolute atomic E-state index is 0.00725. The van der Waals surface area contributed by atoms with Crippen molar-refractivity contribution in [2.24, 2.45) is 5.73 Å². The average molecular weight is 185 g/mol. The van der Waals surface area contributed by atoms with E-state index in [2.05, 4.69) is 0 Å². The second kappa shape index (κ2) is 3.95. The van der Waals surface area contributed by atoms with Gasteiger partial charge in [0.15, 0.2) is 0 Å². The molecule has 1 aliphatic heterocycles. The number of hydrogen-bond acceptors (Lipinski definition) is 3. The van der Waals surface area contributed by atoms with Crippen molar-refractivity contribution in [1.82, 2.24) is 0 Å². The molecule has 2 aliphatic rings. The van der Waals surface area contributed by atoms with Crippen LogP contribution in [-0.2, 0) is 9.47 Å². The summed E-state index contributed by atoms with van der Waals surface area (Å²) in [5.41, 5.74) is 5.79. The van der Waals surface area contributed by atoms with Crippen molar-refractivity contribution in [3.63, 3.8) is 0 Å². The molecule has 2 rings (SSSR count). The molecule has 76 valence electrons. The van der Waals surface area contributed by atoms with Crippen molar-refractivity contribution in [2.45, 2.75) is 43.8 Å². The molecule has 0 spiro atoms. The molecule has 0 amide bonds. The Morgan fingerprint density at radius 2 is 1.92 bits per heavy atom. The smallest absolute Gasteiger partial charge is 0.105 e. The molecule has 0 aromatic carbocycles. The van der Waals surface area contributed by atoms with E-state index in [0.717, 1.165) is 26.1 Å². The minimum Gasteiger partial charge on any atom is -0.376 e. The predicted molar refractivity (Wildman–Crippen MR) is 50.6 cm³/mol. The van der Waals surface area contributed by atoms with Crippen LogP contribution in [-0.4, -0.2) is 31.5 Å². The van der Waals surface area contributed by atoms with Gasteiger partial charge in [-0.1, -0.05) is 19.3 Å². The molecule has 1 heterocycles. The normalized spacial score (nSPS) is 28.4. The summed E-state index contributed by atoms with van der Waals surface area (Å²) in [7, 11) is 0. The van der Waals surface area contributed by atoms with Crippen LogP contribution in [0.4, 0.5) is 0 Å². The van der Waals surface area contributed by atoms with Crippen LogP contribution >= 0.6 is 0 Å². The van der Waals surface area contributed by atoms with E-state index in [0.29, 0.717) is 12.6 Å². The molecular formula is C10H19NO2. The second-order valence-corrected chi connectivity index (χ2v) is 4.23. The van der Waals surface area contributed by atoms with Gasteiger partial charge in [0.1, 0.15) is 6.10 Å². The zero-order chi connectivity index (χ0) is 9.15. The zero-order valence-corrected chi connectivity index (χ0v) is 8.13. The Hall–Kier alpha value is -0.120. The summed E-state index contributed by atoms with van der Waals surface area (Å²) in [5, 5.41) is 0. The summed E-state index contributed by atoms with van der Waals surface area (Å²) in [4.78, 5) is 0. The first kappa shape index (κ1) is 9.44. The minimum atomic E-state index is -0.00725. The lowest BCUT2D eigenvalue weighted by atomic mass is 9.84. The van der Waals surface area contributed by atoms with Gasteiger partial charge in [0.05, 0.1) is 18.8 Å². The van der Waals surface area contributed by atoms with Crippen molar-refractivity contribution >= 4 is 0 Å². The summed E-state index contributed by atoms with van der Waals surface area (Å²) in [6, 6.07) is 0. The summed E-state index contributed by atoms with van der Waals surface area (Å²) < 4.78 is 11.1. The molecule has 0 bridgehead atoms.